The maximum Gasteiger partial charge on any atom is 0.243 e. The molecule has 32 heavy (non-hydrogen) atoms. The fourth-order valence-electron chi connectivity index (χ4n) is 4.37. The average molecular weight is 453 g/mol. The maximum atomic E-state index is 12.9. The second-order valence-corrected chi connectivity index (χ2v) is 9.61. The predicted octanol–water partition coefficient (Wildman–Crippen LogP) is 3.30. The number of thiazole rings is 1. The molecular formula is C22H28N8OS. The lowest BCUT2D eigenvalue weighted by molar-refractivity contribution is -0.122. The molecule has 3 aromatic rings. The number of aromatic nitrogens is 5. The topological polar surface area (TPSA) is 112 Å². The number of carbonyl (C=O) groups is 1. The summed E-state index contributed by atoms with van der Waals surface area (Å²) in [6.07, 6.45) is 6.45. The highest BCUT2D eigenvalue weighted by Crippen LogP contribution is 2.32. The van der Waals surface area contributed by atoms with Crippen molar-refractivity contribution in [2.75, 3.05) is 16.8 Å². The minimum absolute atomic E-state index is 0.00480. The third-order valence-corrected chi connectivity index (χ3v) is 6.88. The van der Waals surface area contributed by atoms with Crippen LogP contribution in [0.2, 0.25) is 0 Å². The Balaban J connectivity index is 1.37. The van der Waals surface area contributed by atoms with Crippen molar-refractivity contribution in [3.05, 3.63) is 39.6 Å². The number of aryl methyl sites for hydroxylation is 1. The first-order valence-electron chi connectivity index (χ1n) is 11.2. The lowest BCUT2D eigenvalue weighted by atomic mass is 10.1. The molecule has 1 unspecified atom stereocenters. The zero-order valence-corrected chi connectivity index (χ0v) is 19.2. The highest BCUT2D eigenvalue weighted by Gasteiger charge is 2.34. The molecule has 1 fully saturated rings. The average Bonchev–Trinajstić information content (AvgIpc) is 3.58. The smallest absolute Gasteiger partial charge is 0.243 e. The first-order chi connectivity index (χ1) is 15.6. The molecule has 3 N–H and O–H groups in total. The molecule has 2 aliphatic rings. The second kappa shape index (κ2) is 8.85. The Labute approximate surface area is 191 Å². The van der Waals surface area contributed by atoms with E-state index in [1.807, 2.05) is 16.3 Å². The highest BCUT2D eigenvalue weighted by molar-refractivity contribution is 7.09. The van der Waals surface area contributed by atoms with Crippen molar-refractivity contribution in [2.45, 2.75) is 64.5 Å². The minimum atomic E-state index is -0.264. The van der Waals surface area contributed by atoms with Crippen molar-refractivity contribution in [2.24, 2.45) is 0 Å². The summed E-state index contributed by atoms with van der Waals surface area (Å²) in [7, 11) is 0. The van der Waals surface area contributed by atoms with Gasteiger partial charge < -0.3 is 15.5 Å². The Hall–Kier alpha value is -3.01. The Kier molecular flexibility index (Phi) is 5.77. The summed E-state index contributed by atoms with van der Waals surface area (Å²) in [6.45, 7) is 5.49. The molecule has 5 rings (SSSR count). The quantitative estimate of drug-likeness (QED) is 0.504. The molecule has 1 atom stereocenters. The number of amides is 1. The van der Waals surface area contributed by atoms with Gasteiger partial charge in [0, 0.05) is 35.4 Å². The number of hydrogen-bond donors (Lipinski definition) is 3. The van der Waals surface area contributed by atoms with Gasteiger partial charge in [0.25, 0.3) is 0 Å². The van der Waals surface area contributed by atoms with Crippen LogP contribution in [0.1, 0.15) is 61.0 Å². The lowest BCUT2D eigenvalue weighted by Crippen LogP contribution is -2.44. The standard InChI is InChI=1S/C22H28N8OS/c1-13(2)16-11-18(29-28-16)26-20-14-5-3-6-15(14)25-22(27-20)30-9-4-7-17(30)21(31)24-12-19-23-8-10-32-19/h8,10-11,13,17H,3-7,9,12H2,1-2H3,(H,24,31)(H2,25,26,27,28,29). The number of nitrogens with one attached hydrogen (secondary N) is 3. The van der Waals surface area contributed by atoms with Gasteiger partial charge in [0.05, 0.1) is 12.2 Å². The zero-order valence-electron chi connectivity index (χ0n) is 18.4. The number of rotatable bonds is 7. The Morgan fingerprint density at radius 1 is 1.31 bits per heavy atom. The summed E-state index contributed by atoms with van der Waals surface area (Å²) in [6, 6.07) is 1.76. The zero-order chi connectivity index (χ0) is 22.1. The molecule has 4 heterocycles. The van der Waals surface area contributed by atoms with Crippen LogP contribution in [0.4, 0.5) is 17.6 Å². The van der Waals surface area contributed by atoms with Gasteiger partial charge in [0.15, 0.2) is 5.82 Å². The van der Waals surface area contributed by atoms with Gasteiger partial charge in [0.1, 0.15) is 16.9 Å². The molecule has 1 amide bonds. The molecule has 9 nitrogen and oxygen atoms in total. The molecule has 0 spiro atoms. The van der Waals surface area contributed by atoms with E-state index in [0.29, 0.717) is 18.4 Å². The number of carbonyl (C=O) groups excluding carboxylic acids is 1. The van der Waals surface area contributed by atoms with Crippen molar-refractivity contribution < 1.29 is 4.79 Å². The van der Waals surface area contributed by atoms with Crippen molar-refractivity contribution in [3.8, 4) is 0 Å². The van der Waals surface area contributed by atoms with E-state index in [1.165, 1.54) is 0 Å². The second-order valence-electron chi connectivity index (χ2n) is 8.63. The number of aromatic amines is 1. The fourth-order valence-corrected chi connectivity index (χ4v) is 4.92. The molecule has 0 bridgehead atoms. The van der Waals surface area contributed by atoms with Crippen molar-refractivity contribution >= 4 is 34.8 Å². The van der Waals surface area contributed by atoms with E-state index in [4.69, 9.17) is 9.97 Å². The van der Waals surface area contributed by atoms with Gasteiger partial charge >= 0.3 is 0 Å². The number of nitrogens with zero attached hydrogens (tertiary/aromatic N) is 5. The van der Waals surface area contributed by atoms with Gasteiger partial charge in [-0.25, -0.2) is 9.97 Å². The molecule has 168 valence electrons. The number of anilines is 3. The van der Waals surface area contributed by atoms with E-state index >= 15 is 0 Å². The van der Waals surface area contributed by atoms with Gasteiger partial charge in [-0.1, -0.05) is 13.8 Å². The maximum absolute atomic E-state index is 12.9. The van der Waals surface area contributed by atoms with E-state index in [9.17, 15) is 4.79 Å². The summed E-state index contributed by atoms with van der Waals surface area (Å²) in [4.78, 5) is 29.0. The Bertz CT molecular complexity index is 1090. The van der Waals surface area contributed by atoms with Crippen molar-refractivity contribution in [1.82, 2.24) is 30.5 Å². The number of fused-ring (bicyclic) bond motifs is 1. The minimum Gasteiger partial charge on any atom is -0.348 e. The van der Waals surface area contributed by atoms with Crippen LogP contribution >= 0.6 is 11.3 Å². The molecule has 0 aromatic carbocycles. The summed E-state index contributed by atoms with van der Waals surface area (Å²) in [5.74, 6) is 2.56. The van der Waals surface area contributed by atoms with E-state index in [-0.39, 0.29) is 11.9 Å². The van der Waals surface area contributed by atoms with Crippen LogP contribution < -0.4 is 15.5 Å². The summed E-state index contributed by atoms with van der Waals surface area (Å²) in [5.41, 5.74) is 3.31. The van der Waals surface area contributed by atoms with Crippen LogP contribution in [0.25, 0.3) is 0 Å². The summed E-state index contributed by atoms with van der Waals surface area (Å²) < 4.78 is 0. The van der Waals surface area contributed by atoms with Crippen LogP contribution in [-0.4, -0.2) is 43.6 Å². The predicted molar refractivity (Wildman–Crippen MR) is 124 cm³/mol. The molecule has 0 saturated carbocycles. The van der Waals surface area contributed by atoms with Crippen molar-refractivity contribution in [1.29, 1.82) is 0 Å². The molecule has 0 radical (unpaired) electrons. The first kappa shape index (κ1) is 20.9. The summed E-state index contributed by atoms with van der Waals surface area (Å²) >= 11 is 1.54. The van der Waals surface area contributed by atoms with Crippen molar-refractivity contribution in [3.63, 3.8) is 0 Å². The van der Waals surface area contributed by atoms with E-state index in [1.54, 1.807) is 17.5 Å². The van der Waals surface area contributed by atoms with Crippen LogP contribution in [0.3, 0.4) is 0 Å². The first-order valence-corrected chi connectivity index (χ1v) is 12.1. The third-order valence-electron chi connectivity index (χ3n) is 6.10. The SMILES string of the molecule is CC(C)c1cc(Nc2nc(N3CCCC3C(=O)NCc3nccs3)nc3c2CCC3)n[nH]1. The normalized spacial score (nSPS) is 17.7. The van der Waals surface area contributed by atoms with Gasteiger partial charge in [-0.05, 0) is 38.0 Å². The van der Waals surface area contributed by atoms with E-state index < -0.39 is 0 Å². The summed E-state index contributed by atoms with van der Waals surface area (Å²) in [5, 5.41) is 16.7. The van der Waals surface area contributed by atoms with Gasteiger partial charge in [-0.15, -0.1) is 11.3 Å². The molecule has 1 aliphatic heterocycles. The van der Waals surface area contributed by atoms with Gasteiger partial charge in [-0.3, -0.25) is 9.89 Å². The third kappa shape index (κ3) is 4.19. The fraction of sp³-hybridized carbons (Fsp3) is 0.500. The number of hydrogen-bond acceptors (Lipinski definition) is 8. The van der Waals surface area contributed by atoms with Gasteiger partial charge in [0.2, 0.25) is 11.9 Å². The Morgan fingerprint density at radius 3 is 3.00 bits per heavy atom. The van der Waals surface area contributed by atoms with E-state index in [2.05, 4.69) is 39.7 Å². The monoisotopic (exact) mass is 452 g/mol. The molecule has 1 saturated heterocycles. The van der Waals surface area contributed by atoms with E-state index in [0.717, 1.165) is 72.2 Å². The molecular weight excluding hydrogens is 424 g/mol. The van der Waals surface area contributed by atoms with Crippen LogP contribution in [-0.2, 0) is 24.2 Å². The van der Waals surface area contributed by atoms with Crippen LogP contribution in [0.15, 0.2) is 17.6 Å². The van der Waals surface area contributed by atoms with Crippen LogP contribution in [0, 0.1) is 0 Å². The molecule has 10 heteroatoms. The lowest BCUT2D eigenvalue weighted by Gasteiger charge is -2.25. The van der Waals surface area contributed by atoms with Gasteiger partial charge in [-0.2, -0.15) is 10.1 Å². The molecule has 3 aromatic heterocycles. The molecule has 1 aliphatic carbocycles. The number of H-pyrrole nitrogens is 1. The van der Waals surface area contributed by atoms with Crippen LogP contribution in [0.5, 0.6) is 0 Å². The largest absolute Gasteiger partial charge is 0.348 e. The highest BCUT2D eigenvalue weighted by atomic mass is 32.1. The Morgan fingerprint density at radius 2 is 2.22 bits per heavy atom.